The molecule has 114 valence electrons. The molecule has 1 heterocycles. The van der Waals surface area contributed by atoms with Gasteiger partial charge in [0.15, 0.2) is 0 Å². The molecule has 4 heteroatoms. The third-order valence-electron chi connectivity index (χ3n) is 3.43. The zero-order valence-electron chi connectivity index (χ0n) is 13.5. The molecule has 20 heavy (non-hydrogen) atoms. The van der Waals surface area contributed by atoms with E-state index in [1.54, 1.807) is 0 Å². The van der Waals surface area contributed by atoms with Crippen molar-refractivity contribution in [3.63, 3.8) is 0 Å². The first kappa shape index (κ1) is 17.4. The van der Waals surface area contributed by atoms with Crippen LogP contribution in [0.3, 0.4) is 0 Å². The molecular weight excluding hydrogens is 314 g/mol. The van der Waals surface area contributed by atoms with Crippen molar-refractivity contribution in [2.24, 2.45) is 5.41 Å². The number of nitrogens with one attached hydrogen (secondary N) is 1. The minimum atomic E-state index is 0.296. The van der Waals surface area contributed by atoms with E-state index in [9.17, 15) is 0 Å². The first-order valence-electron chi connectivity index (χ1n) is 7.62. The summed E-state index contributed by atoms with van der Waals surface area (Å²) < 4.78 is 0.850. The molecule has 0 unspecified atom stereocenters. The summed E-state index contributed by atoms with van der Waals surface area (Å²) in [5, 5.41) is 3.47. The van der Waals surface area contributed by atoms with Crippen LogP contribution in [0.25, 0.3) is 0 Å². The molecule has 0 radical (unpaired) electrons. The second kappa shape index (κ2) is 7.96. The van der Waals surface area contributed by atoms with Gasteiger partial charge in [0.1, 0.15) is 16.2 Å². The van der Waals surface area contributed by atoms with Gasteiger partial charge in [0, 0.05) is 18.5 Å². The van der Waals surface area contributed by atoms with Crippen molar-refractivity contribution in [1.29, 1.82) is 0 Å². The summed E-state index contributed by atoms with van der Waals surface area (Å²) in [4.78, 5) is 8.98. The van der Waals surface area contributed by atoms with Crippen LogP contribution in [0.5, 0.6) is 0 Å². The van der Waals surface area contributed by atoms with Gasteiger partial charge in [-0.05, 0) is 27.8 Å². The average Bonchev–Trinajstić information content (AvgIpc) is 2.36. The number of hydrogen-bond donors (Lipinski definition) is 1. The predicted molar refractivity (Wildman–Crippen MR) is 90.2 cm³/mol. The minimum Gasteiger partial charge on any atom is -0.369 e. The highest BCUT2D eigenvalue weighted by atomic mass is 79.9. The van der Waals surface area contributed by atoms with Gasteiger partial charge in [-0.1, -0.05) is 53.9 Å². The van der Waals surface area contributed by atoms with E-state index < -0.39 is 0 Å². The number of rotatable bonds is 8. The molecule has 1 rings (SSSR count). The lowest BCUT2D eigenvalue weighted by Gasteiger charge is -2.25. The van der Waals surface area contributed by atoms with E-state index in [1.807, 2.05) is 6.07 Å². The smallest absolute Gasteiger partial charge is 0.134 e. The minimum absolute atomic E-state index is 0.296. The van der Waals surface area contributed by atoms with Gasteiger partial charge in [-0.2, -0.15) is 0 Å². The molecule has 0 amide bonds. The van der Waals surface area contributed by atoms with Gasteiger partial charge in [0.25, 0.3) is 0 Å². The lowest BCUT2D eigenvalue weighted by atomic mass is 9.87. The van der Waals surface area contributed by atoms with Gasteiger partial charge < -0.3 is 5.32 Å². The Morgan fingerprint density at radius 2 is 1.95 bits per heavy atom. The predicted octanol–water partition coefficient (Wildman–Crippen LogP) is 5.38. The van der Waals surface area contributed by atoms with Gasteiger partial charge in [-0.3, -0.25) is 0 Å². The zero-order chi connectivity index (χ0) is 15.2. The molecule has 0 aromatic carbocycles. The van der Waals surface area contributed by atoms with Gasteiger partial charge in [-0.25, -0.2) is 9.97 Å². The van der Waals surface area contributed by atoms with Crippen LogP contribution in [0.2, 0.25) is 0 Å². The standard InChI is InChI=1S/C16H28BrN3/c1-6-7-8-9-16(4,5)11-18-14-10-13(17)19-15(20-14)12(2)3/h10,12H,6-9,11H2,1-5H3,(H,18,19,20). The van der Waals surface area contributed by atoms with Crippen LogP contribution >= 0.6 is 15.9 Å². The van der Waals surface area contributed by atoms with E-state index in [0.29, 0.717) is 11.3 Å². The van der Waals surface area contributed by atoms with Crippen molar-refractivity contribution in [3.05, 3.63) is 16.5 Å². The van der Waals surface area contributed by atoms with Crippen LogP contribution in [0.15, 0.2) is 10.7 Å². The molecule has 0 atom stereocenters. The van der Waals surface area contributed by atoms with Crippen molar-refractivity contribution >= 4 is 21.7 Å². The number of nitrogens with zero attached hydrogens (tertiary/aromatic N) is 2. The quantitative estimate of drug-likeness (QED) is 0.509. The van der Waals surface area contributed by atoms with Crippen LogP contribution in [0.1, 0.15) is 72.0 Å². The first-order valence-corrected chi connectivity index (χ1v) is 8.41. The van der Waals surface area contributed by atoms with Gasteiger partial charge in [-0.15, -0.1) is 0 Å². The summed E-state index contributed by atoms with van der Waals surface area (Å²) >= 11 is 3.46. The Morgan fingerprint density at radius 3 is 2.55 bits per heavy atom. The molecule has 0 bridgehead atoms. The highest BCUT2D eigenvalue weighted by Crippen LogP contribution is 2.25. The second-order valence-corrected chi connectivity index (χ2v) is 7.38. The molecule has 0 aliphatic rings. The molecule has 1 aromatic heterocycles. The lowest BCUT2D eigenvalue weighted by molar-refractivity contribution is 0.342. The summed E-state index contributed by atoms with van der Waals surface area (Å²) in [6, 6.07) is 1.95. The Hall–Kier alpha value is -0.640. The number of halogens is 1. The Kier molecular flexibility index (Phi) is 6.93. The average molecular weight is 342 g/mol. The second-order valence-electron chi connectivity index (χ2n) is 6.56. The van der Waals surface area contributed by atoms with E-state index in [2.05, 4.69) is 65.8 Å². The summed E-state index contributed by atoms with van der Waals surface area (Å²) in [6.07, 6.45) is 5.15. The Morgan fingerprint density at radius 1 is 1.25 bits per heavy atom. The summed E-state index contributed by atoms with van der Waals surface area (Å²) in [5.41, 5.74) is 0.296. The molecule has 1 aromatic rings. The van der Waals surface area contributed by atoms with Crippen LogP contribution in [0.4, 0.5) is 5.82 Å². The number of hydrogen-bond acceptors (Lipinski definition) is 3. The van der Waals surface area contributed by atoms with Crippen molar-refractivity contribution in [2.75, 3.05) is 11.9 Å². The highest BCUT2D eigenvalue weighted by Gasteiger charge is 2.17. The van der Waals surface area contributed by atoms with E-state index >= 15 is 0 Å². The van der Waals surface area contributed by atoms with Crippen LogP contribution in [0, 0.1) is 5.41 Å². The lowest BCUT2D eigenvalue weighted by Crippen LogP contribution is -2.23. The normalized spacial score (nSPS) is 11.9. The molecule has 0 saturated carbocycles. The van der Waals surface area contributed by atoms with E-state index in [4.69, 9.17) is 0 Å². The zero-order valence-corrected chi connectivity index (χ0v) is 15.0. The highest BCUT2D eigenvalue weighted by molar-refractivity contribution is 9.10. The fraction of sp³-hybridized carbons (Fsp3) is 0.750. The Balaban J connectivity index is 2.60. The maximum atomic E-state index is 4.58. The Bertz CT molecular complexity index is 416. The summed E-state index contributed by atoms with van der Waals surface area (Å²) in [7, 11) is 0. The number of anilines is 1. The fourth-order valence-corrected chi connectivity index (χ4v) is 2.45. The summed E-state index contributed by atoms with van der Waals surface area (Å²) in [5.74, 6) is 2.13. The molecule has 0 aliphatic heterocycles. The molecule has 1 N–H and O–H groups in total. The maximum Gasteiger partial charge on any atom is 0.134 e. The SMILES string of the molecule is CCCCCC(C)(C)CNc1cc(Br)nc(C(C)C)n1. The van der Waals surface area contributed by atoms with Gasteiger partial charge in [0.2, 0.25) is 0 Å². The Labute approximate surface area is 132 Å². The molecule has 0 fully saturated rings. The monoisotopic (exact) mass is 341 g/mol. The fourth-order valence-electron chi connectivity index (χ4n) is 2.06. The van der Waals surface area contributed by atoms with Gasteiger partial charge >= 0.3 is 0 Å². The third kappa shape index (κ3) is 6.21. The number of unbranched alkanes of at least 4 members (excludes halogenated alkanes) is 2. The summed E-state index contributed by atoms with van der Waals surface area (Å²) in [6.45, 7) is 12.0. The largest absolute Gasteiger partial charge is 0.369 e. The third-order valence-corrected chi connectivity index (χ3v) is 3.84. The van der Waals surface area contributed by atoms with Crippen molar-refractivity contribution in [3.8, 4) is 0 Å². The number of aromatic nitrogens is 2. The van der Waals surface area contributed by atoms with Crippen LogP contribution < -0.4 is 5.32 Å². The van der Waals surface area contributed by atoms with Gasteiger partial charge in [0.05, 0.1) is 0 Å². The van der Waals surface area contributed by atoms with Crippen molar-refractivity contribution in [1.82, 2.24) is 9.97 Å². The van der Waals surface area contributed by atoms with Crippen LogP contribution in [-0.2, 0) is 0 Å². The van der Waals surface area contributed by atoms with E-state index in [-0.39, 0.29) is 0 Å². The van der Waals surface area contributed by atoms with Crippen molar-refractivity contribution in [2.45, 2.75) is 66.2 Å². The molecule has 0 spiro atoms. The maximum absolute atomic E-state index is 4.58. The molecule has 3 nitrogen and oxygen atoms in total. The van der Waals surface area contributed by atoms with Crippen molar-refractivity contribution < 1.29 is 0 Å². The first-order chi connectivity index (χ1) is 9.34. The van der Waals surface area contributed by atoms with E-state index in [1.165, 1.54) is 25.7 Å². The van der Waals surface area contributed by atoms with Crippen LogP contribution in [-0.4, -0.2) is 16.5 Å². The molecule has 0 saturated heterocycles. The molecule has 0 aliphatic carbocycles. The van der Waals surface area contributed by atoms with E-state index in [0.717, 1.165) is 22.8 Å². The molecular formula is C16H28BrN3. The topological polar surface area (TPSA) is 37.8 Å².